The molecule has 1 aliphatic rings. The second-order valence-electron chi connectivity index (χ2n) is 7.61. The van der Waals surface area contributed by atoms with E-state index < -0.39 is 17.5 Å². The van der Waals surface area contributed by atoms with Crippen LogP contribution in [0.2, 0.25) is 0 Å². The minimum Gasteiger partial charge on any atom is -0.452 e. The molecule has 0 radical (unpaired) electrons. The Hall–Kier alpha value is -2.94. The molecular formula is C21H25N3O5S. The van der Waals surface area contributed by atoms with Gasteiger partial charge in [0.05, 0.1) is 10.5 Å². The lowest BCUT2D eigenvalue weighted by molar-refractivity contribution is -0.384. The number of ether oxygens (including phenoxy) is 1. The van der Waals surface area contributed by atoms with E-state index >= 15 is 0 Å². The monoisotopic (exact) mass is 431 g/mol. The van der Waals surface area contributed by atoms with Crippen molar-refractivity contribution < 1.29 is 19.2 Å². The lowest BCUT2D eigenvalue weighted by Crippen LogP contribution is -2.34. The number of nitrogens with zero attached hydrogens (tertiary/aromatic N) is 3. The van der Waals surface area contributed by atoms with Gasteiger partial charge in [0.1, 0.15) is 5.69 Å². The van der Waals surface area contributed by atoms with E-state index in [2.05, 4.69) is 6.92 Å². The van der Waals surface area contributed by atoms with Crippen LogP contribution in [-0.4, -0.2) is 48.4 Å². The molecule has 0 N–H and O–H groups in total. The highest BCUT2D eigenvalue weighted by Gasteiger charge is 2.25. The molecule has 30 heavy (non-hydrogen) atoms. The Morgan fingerprint density at radius 1 is 1.37 bits per heavy atom. The first-order chi connectivity index (χ1) is 14.3. The summed E-state index contributed by atoms with van der Waals surface area (Å²) in [5.74, 6) is -0.642. The highest BCUT2D eigenvalue weighted by molar-refractivity contribution is 7.07. The highest BCUT2D eigenvalue weighted by atomic mass is 32.1. The Morgan fingerprint density at radius 2 is 2.17 bits per heavy atom. The van der Waals surface area contributed by atoms with E-state index in [9.17, 15) is 19.7 Å². The number of hydrogen-bond acceptors (Lipinski definition) is 7. The van der Waals surface area contributed by atoms with E-state index in [1.807, 2.05) is 21.7 Å². The normalized spacial score (nSPS) is 16.2. The summed E-state index contributed by atoms with van der Waals surface area (Å²) in [6.45, 7) is 3.62. The van der Waals surface area contributed by atoms with Crippen molar-refractivity contribution in [1.82, 2.24) is 4.90 Å². The third kappa shape index (κ3) is 5.35. The zero-order valence-electron chi connectivity index (χ0n) is 17.1. The van der Waals surface area contributed by atoms with E-state index in [1.165, 1.54) is 17.0 Å². The SMILES string of the molecule is CC1CCCN(c2ccc(C(=O)OCC(=O)N(C)Cc3ccsc3)cc2[N+](=O)[O-])C1. The zero-order chi connectivity index (χ0) is 21.7. The number of benzene rings is 1. The number of likely N-dealkylation sites (N-methyl/N-ethyl adjacent to an activating group) is 1. The number of thiophene rings is 1. The predicted octanol–water partition coefficient (Wildman–Crippen LogP) is 3.71. The van der Waals surface area contributed by atoms with Gasteiger partial charge in [0, 0.05) is 32.7 Å². The van der Waals surface area contributed by atoms with Gasteiger partial charge < -0.3 is 14.5 Å². The van der Waals surface area contributed by atoms with Gasteiger partial charge in [-0.25, -0.2) is 4.79 Å². The number of nitro benzene ring substituents is 1. The molecule has 1 aromatic carbocycles. The first-order valence-corrected chi connectivity index (χ1v) is 10.7. The third-order valence-corrected chi connectivity index (χ3v) is 5.89. The van der Waals surface area contributed by atoms with Crippen LogP contribution in [0, 0.1) is 16.0 Å². The number of carbonyl (C=O) groups excluding carboxylic acids is 2. The topological polar surface area (TPSA) is 93.0 Å². The predicted molar refractivity (Wildman–Crippen MR) is 115 cm³/mol. The lowest BCUT2D eigenvalue weighted by Gasteiger charge is -2.32. The molecule has 8 nitrogen and oxygen atoms in total. The second kappa shape index (κ2) is 9.71. The van der Waals surface area contributed by atoms with Gasteiger partial charge in [-0.2, -0.15) is 11.3 Å². The number of piperidine rings is 1. The van der Waals surface area contributed by atoms with Crippen molar-refractivity contribution in [2.24, 2.45) is 5.92 Å². The fourth-order valence-electron chi connectivity index (χ4n) is 3.54. The summed E-state index contributed by atoms with van der Waals surface area (Å²) >= 11 is 1.54. The van der Waals surface area contributed by atoms with Crippen molar-refractivity contribution in [3.63, 3.8) is 0 Å². The summed E-state index contributed by atoms with van der Waals surface area (Å²) in [5.41, 5.74) is 1.44. The minimum atomic E-state index is -0.756. The summed E-state index contributed by atoms with van der Waals surface area (Å²) in [6.07, 6.45) is 2.08. The fraction of sp³-hybridized carbons (Fsp3) is 0.429. The number of esters is 1. The van der Waals surface area contributed by atoms with Crippen LogP contribution in [-0.2, 0) is 16.1 Å². The van der Waals surface area contributed by atoms with Crippen molar-refractivity contribution in [1.29, 1.82) is 0 Å². The Morgan fingerprint density at radius 3 is 2.83 bits per heavy atom. The van der Waals surface area contributed by atoms with Crippen LogP contribution in [0.3, 0.4) is 0 Å². The van der Waals surface area contributed by atoms with Crippen LogP contribution >= 0.6 is 11.3 Å². The molecule has 2 aromatic rings. The van der Waals surface area contributed by atoms with E-state index in [4.69, 9.17) is 4.74 Å². The quantitative estimate of drug-likeness (QED) is 0.377. The van der Waals surface area contributed by atoms with E-state index in [1.54, 1.807) is 24.5 Å². The molecule has 0 spiro atoms. The third-order valence-electron chi connectivity index (χ3n) is 5.16. The maximum atomic E-state index is 12.4. The van der Waals surface area contributed by atoms with Crippen LogP contribution in [0.4, 0.5) is 11.4 Å². The summed E-state index contributed by atoms with van der Waals surface area (Å²) in [4.78, 5) is 39.2. The van der Waals surface area contributed by atoms with Gasteiger partial charge >= 0.3 is 5.97 Å². The summed E-state index contributed by atoms with van der Waals surface area (Å²) in [7, 11) is 1.63. The molecule has 1 fully saturated rings. The molecule has 0 bridgehead atoms. The maximum Gasteiger partial charge on any atom is 0.338 e. The van der Waals surface area contributed by atoms with Crippen LogP contribution in [0.15, 0.2) is 35.0 Å². The highest BCUT2D eigenvalue weighted by Crippen LogP contribution is 2.32. The van der Waals surface area contributed by atoms with E-state index in [0.717, 1.165) is 31.5 Å². The van der Waals surface area contributed by atoms with Gasteiger partial charge in [0.15, 0.2) is 6.61 Å². The van der Waals surface area contributed by atoms with Crippen molar-refractivity contribution in [2.45, 2.75) is 26.3 Å². The molecule has 1 aromatic heterocycles. The molecule has 1 unspecified atom stereocenters. The average molecular weight is 432 g/mol. The smallest absolute Gasteiger partial charge is 0.338 e. The Kier molecular flexibility index (Phi) is 7.04. The standard InChI is InChI=1S/C21H25N3O5S/c1-15-4-3-8-23(11-15)18-6-5-17(10-19(18)24(27)28)21(26)29-13-20(25)22(2)12-16-7-9-30-14-16/h5-7,9-10,14-15H,3-4,8,11-13H2,1-2H3. The average Bonchev–Trinajstić information content (AvgIpc) is 3.24. The molecule has 3 rings (SSSR count). The van der Waals surface area contributed by atoms with Gasteiger partial charge in [0.2, 0.25) is 0 Å². The van der Waals surface area contributed by atoms with Gasteiger partial charge in [0.25, 0.3) is 11.6 Å². The zero-order valence-corrected chi connectivity index (χ0v) is 17.9. The first kappa shape index (κ1) is 21.8. The van der Waals surface area contributed by atoms with Crippen molar-refractivity contribution in [2.75, 3.05) is 31.6 Å². The number of amides is 1. The Bertz CT molecular complexity index is 915. The first-order valence-electron chi connectivity index (χ1n) is 9.80. The number of anilines is 1. The molecular weight excluding hydrogens is 406 g/mol. The van der Waals surface area contributed by atoms with Crippen molar-refractivity contribution in [3.8, 4) is 0 Å². The van der Waals surface area contributed by atoms with Gasteiger partial charge in [-0.1, -0.05) is 6.92 Å². The van der Waals surface area contributed by atoms with Gasteiger partial charge in [-0.3, -0.25) is 14.9 Å². The van der Waals surface area contributed by atoms with E-state index in [-0.39, 0.29) is 17.2 Å². The fourth-order valence-corrected chi connectivity index (χ4v) is 4.20. The molecule has 160 valence electrons. The second-order valence-corrected chi connectivity index (χ2v) is 8.39. The molecule has 0 saturated carbocycles. The van der Waals surface area contributed by atoms with Crippen molar-refractivity contribution >= 4 is 34.6 Å². The Balaban J connectivity index is 1.64. The molecule has 2 heterocycles. The molecule has 1 saturated heterocycles. The summed E-state index contributed by atoms with van der Waals surface area (Å²) in [5, 5.41) is 15.5. The number of carbonyl (C=O) groups is 2. The van der Waals surface area contributed by atoms with Crippen molar-refractivity contribution in [3.05, 3.63) is 56.3 Å². The van der Waals surface area contributed by atoms with Crippen LogP contribution < -0.4 is 4.90 Å². The van der Waals surface area contributed by atoms with Crippen LogP contribution in [0.25, 0.3) is 0 Å². The molecule has 1 atom stereocenters. The van der Waals surface area contributed by atoms with Gasteiger partial charge in [-0.15, -0.1) is 0 Å². The molecule has 9 heteroatoms. The molecule has 0 aliphatic carbocycles. The molecule has 1 amide bonds. The summed E-state index contributed by atoms with van der Waals surface area (Å²) < 4.78 is 5.10. The summed E-state index contributed by atoms with van der Waals surface area (Å²) in [6, 6.07) is 6.27. The molecule has 1 aliphatic heterocycles. The van der Waals surface area contributed by atoms with Crippen LogP contribution in [0.1, 0.15) is 35.7 Å². The Labute approximate surface area is 179 Å². The number of nitro groups is 1. The maximum absolute atomic E-state index is 12.4. The number of rotatable bonds is 7. The minimum absolute atomic E-state index is 0.0591. The van der Waals surface area contributed by atoms with Crippen LogP contribution in [0.5, 0.6) is 0 Å². The van der Waals surface area contributed by atoms with Gasteiger partial charge in [-0.05, 0) is 53.3 Å². The number of hydrogen-bond donors (Lipinski definition) is 0. The van der Waals surface area contributed by atoms with E-state index in [0.29, 0.717) is 18.2 Å². The lowest BCUT2D eigenvalue weighted by atomic mass is 9.99. The largest absolute Gasteiger partial charge is 0.452 e.